The lowest BCUT2D eigenvalue weighted by atomic mass is 10.1. The van der Waals surface area contributed by atoms with Crippen molar-refractivity contribution in [1.29, 1.82) is 0 Å². The maximum Gasteiger partial charge on any atom is 0.191 e. The van der Waals surface area contributed by atoms with Gasteiger partial charge in [0.2, 0.25) is 0 Å². The van der Waals surface area contributed by atoms with E-state index in [1.807, 2.05) is 24.3 Å². The zero-order chi connectivity index (χ0) is 18.8. The summed E-state index contributed by atoms with van der Waals surface area (Å²) in [7, 11) is 0. The van der Waals surface area contributed by atoms with E-state index in [0.29, 0.717) is 17.4 Å². The molecule has 7 heteroatoms. The molecule has 0 fully saturated rings. The van der Waals surface area contributed by atoms with Gasteiger partial charge >= 0.3 is 0 Å². The molecule has 0 amide bonds. The lowest BCUT2D eigenvalue weighted by molar-refractivity contribution is -0.0168. The SMILES string of the molecule is CCn1c(SCc2cc(Cl)cc3c2OCOC3)nnc1-c1ccccc1C. The number of rotatable bonds is 5. The predicted octanol–water partition coefficient (Wildman–Crippen LogP) is 5.09. The van der Waals surface area contributed by atoms with Gasteiger partial charge in [0.05, 0.1) is 6.61 Å². The number of nitrogens with zero attached hydrogens (tertiary/aromatic N) is 3. The van der Waals surface area contributed by atoms with Crippen molar-refractivity contribution in [3.05, 3.63) is 58.1 Å². The molecule has 4 rings (SSSR count). The highest BCUT2D eigenvalue weighted by molar-refractivity contribution is 7.98. The molecule has 27 heavy (non-hydrogen) atoms. The van der Waals surface area contributed by atoms with Crippen molar-refractivity contribution in [2.45, 2.75) is 37.9 Å². The minimum Gasteiger partial charge on any atom is -0.467 e. The van der Waals surface area contributed by atoms with Gasteiger partial charge in [-0.25, -0.2) is 0 Å². The molecule has 5 nitrogen and oxygen atoms in total. The number of benzene rings is 2. The lowest BCUT2D eigenvalue weighted by Gasteiger charge is -2.21. The first kappa shape index (κ1) is 18.3. The van der Waals surface area contributed by atoms with Crippen LogP contribution in [0.15, 0.2) is 41.6 Å². The van der Waals surface area contributed by atoms with E-state index in [0.717, 1.165) is 40.0 Å². The van der Waals surface area contributed by atoms with Crippen LogP contribution in [-0.4, -0.2) is 21.6 Å². The molecule has 0 aliphatic carbocycles. The molecule has 0 saturated carbocycles. The van der Waals surface area contributed by atoms with Crippen molar-refractivity contribution < 1.29 is 9.47 Å². The van der Waals surface area contributed by atoms with E-state index in [1.54, 1.807) is 11.8 Å². The molecule has 2 heterocycles. The molecule has 140 valence electrons. The Balaban J connectivity index is 1.62. The Hall–Kier alpha value is -2.02. The van der Waals surface area contributed by atoms with E-state index in [-0.39, 0.29) is 6.79 Å². The van der Waals surface area contributed by atoms with Crippen LogP contribution >= 0.6 is 23.4 Å². The van der Waals surface area contributed by atoms with Crippen LogP contribution in [0.5, 0.6) is 5.75 Å². The molecule has 0 radical (unpaired) electrons. The number of hydrogen-bond donors (Lipinski definition) is 0. The average Bonchev–Trinajstić information content (AvgIpc) is 3.09. The van der Waals surface area contributed by atoms with E-state index in [4.69, 9.17) is 21.1 Å². The number of aromatic nitrogens is 3. The van der Waals surface area contributed by atoms with Crippen LogP contribution in [0.1, 0.15) is 23.6 Å². The number of ether oxygens (including phenoxy) is 2. The molecule has 0 atom stereocenters. The van der Waals surface area contributed by atoms with Crippen LogP contribution in [0.2, 0.25) is 5.02 Å². The molecule has 0 spiro atoms. The second-order valence-corrected chi connectivity index (χ2v) is 7.70. The van der Waals surface area contributed by atoms with Gasteiger partial charge in [0.25, 0.3) is 0 Å². The third kappa shape index (κ3) is 3.70. The first-order valence-electron chi connectivity index (χ1n) is 8.81. The number of thioether (sulfide) groups is 1. The van der Waals surface area contributed by atoms with Crippen molar-refractivity contribution in [3.63, 3.8) is 0 Å². The topological polar surface area (TPSA) is 49.2 Å². The summed E-state index contributed by atoms with van der Waals surface area (Å²) in [5, 5.41) is 10.5. The quantitative estimate of drug-likeness (QED) is 0.557. The molecular formula is C20H20ClN3O2S. The summed E-state index contributed by atoms with van der Waals surface area (Å²) >= 11 is 7.91. The molecular weight excluding hydrogens is 382 g/mol. The normalized spacial score (nSPS) is 13.3. The standard InChI is InChI=1S/C20H20ClN3O2S/c1-3-24-19(17-7-5-4-6-13(17)2)22-23-20(24)27-11-15-9-16(21)8-14-10-25-12-26-18(14)15/h4-9H,3,10-12H2,1-2H3. The fourth-order valence-corrected chi connectivity index (χ4v) is 4.44. The number of aryl methyl sites for hydroxylation is 1. The summed E-state index contributed by atoms with van der Waals surface area (Å²) in [5.74, 6) is 2.48. The van der Waals surface area contributed by atoms with Crippen molar-refractivity contribution in [2.24, 2.45) is 0 Å². The zero-order valence-electron chi connectivity index (χ0n) is 15.2. The smallest absolute Gasteiger partial charge is 0.191 e. The lowest BCUT2D eigenvalue weighted by Crippen LogP contribution is -2.13. The predicted molar refractivity (Wildman–Crippen MR) is 107 cm³/mol. The van der Waals surface area contributed by atoms with E-state index in [9.17, 15) is 0 Å². The second kappa shape index (κ2) is 7.92. The van der Waals surface area contributed by atoms with Gasteiger partial charge in [0.15, 0.2) is 17.8 Å². The molecule has 1 aliphatic heterocycles. The van der Waals surface area contributed by atoms with E-state index in [1.165, 1.54) is 5.56 Å². The number of halogens is 1. The Kier molecular flexibility index (Phi) is 5.38. The summed E-state index contributed by atoms with van der Waals surface area (Å²) < 4.78 is 13.2. The second-order valence-electron chi connectivity index (χ2n) is 6.32. The van der Waals surface area contributed by atoms with Gasteiger partial charge in [-0.15, -0.1) is 10.2 Å². The van der Waals surface area contributed by atoms with Crippen LogP contribution in [0.4, 0.5) is 0 Å². The molecule has 2 aromatic carbocycles. The van der Waals surface area contributed by atoms with Crippen LogP contribution in [0.3, 0.4) is 0 Å². The first-order valence-corrected chi connectivity index (χ1v) is 10.2. The van der Waals surface area contributed by atoms with Gasteiger partial charge in [0.1, 0.15) is 5.75 Å². The van der Waals surface area contributed by atoms with Gasteiger partial charge in [-0.05, 0) is 31.5 Å². The third-order valence-corrected chi connectivity index (χ3v) is 5.76. The fraction of sp³-hybridized carbons (Fsp3) is 0.300. The minimum atomic E-state index is 0.273. The Morgan fingerprint density at radius 2 is 2.07 bits per heavy atom. The van der Waals surface area contributed by atoms with E-state index in [2.05, 4.69) is 40.7 Å². The van der Waals surface area contributed by atoms with Gasteiger partial charge in [-0.3, -0.25) is 0 Å². The number of hydrogen-bond acceptors (Lipinski definition) is 5. The van der Waals surface area contributed by atoms with Gasteiger partial charge in [0, 0.05) is 34.0 Å². The Morgan fingerprint density at radius 1 is 1.22 bits per heavy atom. The fourth-order valence-electron chi connectivity index (χ4n) is 3.21. The zero-order valence-corrected chi connectivity index (χ0v) is 16.8. The largest absolute Gasteiger partial charge is 0.467 e. The van der Waals surface area contributed by atoms with Gasteiger partial charge in [-0.1, -0.05) is 47.6 Å². The molecule has 1 aromatic heterocycles. The molecule has 0 bridgehead atoms. The maximum absolute atomic E-state index is 6.27. The highest BCUT2D eigenvalue weighted by Gasteiger charge is 2.19. The summed E-state index contributed by atoms with van der Waals surface area (Å²) in [6.07, 6.45) is 0. The highest BCUT2D eigenvalue weighted by atomic mass is 35.5. The minimum absolute atomic E-state index is 0.273. The Labute approximate surface area is 167 Å². The monoisotopic (exact) mass is 401 g/mol. The van der Waals surface area contributed by atoms with Gasteiger partial charge in [-0.2, -0.15) is 0 Å². The summed E-state index contributed by atoms with van der Waals surface area (Å²) in [6, 6.07) is 12.1. The van der Waals surface area contributed by atoms with Crippen LogP contribution < -0.4 is 4.74 Å². The van der Waals surface area contributed by atoms with E-state index < -0.39 is 0 Å². The first-order chi connectivity index (χ1) is 13.2. The molecule has 0 saturated heterocycles. The maximum atomic E-state index is 6.27. The third-order valence-electron chi connectivity index (χ3n) is 4.53. The average molecular weight is 402 g/mol. The van der Waals surface area contributed by atoms with Crippen molar-refractivity contribution in [3.8, 4) is 17.1 Å². The van der Waals surface area contributed by atoms with Gasteiger partial charge < -0.3 is 14.0 Å². The van der Waals surface area contributed by atoms with Crippen LogP contribution in [0, 0.1) is 6.92 Å². The van der Waals surface area contributed by atoms with Crippen molar-refractivity contribution in [1.82, 2.24) is 14.8 Å². The van der Waals surface area contributed by atoms with Crippen molar-refractivity contribution >= 4 is 23.4 Å². The summed E-state index contributed by atoms with van der Waals surface area (Å²) in [4.78, 5) is 0. The molecule has 3 aromatic rings. The summed E-state index contributed by atoms with van der Waals surface area (Å²) in [5.41, 5.74) is 4.34. The Morgan fingerprint density at radius 3 is 2.89 bits per heavy atom. The molecule has 0 unspecified atom stereocenters. The van der Waals surface area contributed by atoms with Crippen molar-refractivity contribution in [2.75, 3.05) is 6.79 Å². The van der Waals surface area contributed by atoms with Crippen LogP contribution in [-0.2, 0) is 23.6 Å². The Bertz CT molecular complexity index is 974. The van der Waals surface area contributed by atoms with Crippen LogP contribution in [0.25, 0.3) is 11.4 Å². The highest BCUT2D eigenvalue weighted by Crippen LogP contribution is 2.36. The summed E-state index contributed by atoms with van der Waals surface area (Å²) in [6.45, 7) is 5.80. The van der Waals surface area contributed by atoms with E-state index >= 15 is 0 Å². The number of fused-ring (bicyclic) bond motifs is 1. The molecule has 1 aliphatic rings. The molecule has 0 N–H and O–H groups in total.